The van der Waals surface area contributed by atoms with Gasteiger partial charge in [0.25, 0.3) is 0 Å². The summed E-state index contributed by atoms with van der Waals surface area (Å²) in [6.45, 7) is 4.70. The van der Waals surface area contributed by atoms with Crippen LogP contribution in [0.1, 0.15) is 5.56 Å². The van der Waals surface area contributed by atoms with Gasteiger partial charge < -0.3 is 10.1 Å². The minimum Gasteiger partial charge on any atom is -0.495 e. The molecule has 1 saturated heterocycles. The van der Waals surface area contributed by atoms with Crippen molar-refractivity contribution in [1.29, 1.82) is 5.26 Å². The summed E-state index contributed by atoms with van der Waals surface area (Å²) < 4.78 is 32.4. The molecule has 2 rings (SSSR count). The Morgan fingerprint density at radius 2 is 2.00 bits per heavy atom. The predicted molar refractivity (Wildman–Crippen MR) is 96.7 cm³/mol. The van der Waals surface area contributed by atoms with E-state index in [9.17, 15) is 8.42 Å². The van der Waals surface area contributed by atoms with Crippen molar-refractivity contribution in [3.05, 3.63) is 23.8 Å². The molecule has 7 nitrogen and oxygen atoms in total. The smallest absolute Gasteiger partial charge is 0.244 e. The van der Waals surface area contributed by atoms with Gasteiger partial charge in [0.1, 0.15) is 10.6 Å². The van der Waals surface area contributed by atoms with Crippen molar-refractivity contribution in [2.45, 2.75) is 4.90 Å². The molecule has 10 heteroatoms. The average molecular weight is 397 g/mol. The van der Waals surface area contributed by atoms with Gasteiger partial charge in [-0.15, -0.1) is 24.8 Å². The number of hydrogen-bond donors (Lipinski definition) is 2. The van der Waals surface area contributed by atoms with Crippen LogP contribution in [0, 0.1) is 11.3 Å². The minimum absolute atomic E-state index is 0. The molecule has 0 atom stereocenters. The molecule has 0 unspecified atom stereocenters. The Hall–Kier alpha value is -1.08. The molecule has 0 saturated carbocycles. The molecule has 1 aliphatic heterocycles. The molecule has 1 heterocycles. The lowest BCUT2D eigenvalue weighted by molar-refractivity contribution is 0.245. The first kappa shape index (κ1) is 22.9. The van der Waals surface area contributed by atoms with Crippen LogP contribution in [0.15, 0.2) is 23.1 Å². The average Bonchev–Trinajstić information content (AvgIpc) is 2.55. The summed E-state index contributed by atoms with van der Waals surface area (Å²) >= 11 is 0. The lowest BCUT2D eigenvalue weighted by atomic mass is 10.2. The van der Waals surface area contributed by atoms with Crippen molar-refractivity contribution in [3.8, 4) is 11.8 Å². The second kappa shape index (κ2) is 10.7. The SMILES string of the molecule is COc1cc(C#N)ccc1S(=O)(=O)NCCN1CCNCC1.Cl.Cl. The molecule has 24 heavy (non-hydrogen) atoms. The summed E-state index contributed by atoms with van der Waals surface area (Å²) in [6, 6.07) is 6.24. The number of piperazine rings is 1. The zero-order valence-electron chi connectivity index (χ0n) is 13.3. The molecular formula is C14H22Cl2N4O3S. The van der Waals surface area contributed by atoms with E-state index in [1.165, 1.54) is 25.3 Å². The van der Waals surface area contributed by atoms with Crippen LogP contribution in [0.5, 0.6) is 5.75 Å². The molecule has 2 N–H and O–H groups in total. The monoisotopic (exact) mass is 396 g/mol. The number of ether oxygens (including phenoxy) is 1. The van der Waals surface area contributed by atoms with E-state index in [1.807, 2.05) is 6.07 Å². The molecule has 1 fully saturated rings. The molecule has 0 radical (unpaired) electrons. The Morgan fingerprint density at radius 1 is 1.33 bits per heavy atom. The van der Waals surface area contributed by atoms with Gasteiger partial charge >= 0.3 is 0 Å². The first-order chi connectivity index (χ1) is 10.6. The Balaban J connectivity index is 0.00000264. The molecule has 136 valence electrons. The van der Waals surface area contributed by atoms with Crippen LogP contribution in [0.25, 0.3) is 0 Å². The van der Waals surface area contributed by atoms with E-state index in [0.717, 1.165) is 26.2 Å². The largest absolute Gasteiger partial charge is 0.495 e. The highest BCUT2D eigenvalue weighted by Crippen LogP contribution is 2.24. The van der Waals surface area contributed by atoms with Crippen LogP contribution in [0.2, 0.25) is 0 Å². The third-order valence-electron chi connectivity index (χ3n) is 3.51. The third kappa shape index (κ3) is 6.09. The summed E-state index contributed by atoms with van der Waals surface area (Å²) in [7, 11) is -2.27. The van der Waals surface area contributed by atoms with Crippen LogP contribution in [-0.4, -0.2) is 59.7 Å². The Kier molecular flexibility index (Phi) is 10.2. The van der Waals surface area contributed by atoms with E-state index in [2.05, 4.69) is 14.9 Å². The number of nitrogens with zero attached hydrogens (tertiary/aromatic N) is 2. The van der Waals surface area contributed by atoms with Gasteiger partial charge in [0.2, 0.25) is 10.0 Å². The number of rotatable bonds is 6. The third-order valence-corrected chi connectivity index (χ3v) is 5.01. The number of nitrogens with one attached hydrogen (secondary N) is 2. The number of hydrogen-bond acceptors (Lipinski definition) is 6. The molecule has 1 aromatic rings. The second-order valence-electron chi connectivity index (χ2n) is 4.97. The highest BCUT2D eigenvalue weighted by Gasteiger charge is 2.20. The van der Waals surface area contributed by atoms with E-state index < -0.39 is 10.0 Å². The van der Waals surface area contributed by atoms with Crippen molar-refractivity contribution in [2.24, 2.45) is 0 Å². The normalized spacial score (nSPS) is 14.8. The molecule has 1 aliphatic rings. The second-order valence-corrected chi connectivity index (χ2v) is 6.70. The van der Waals surface area contributed by atoms with Gasteiger partial charge in [-0.1, -0.05) is 0 Å². The zero-order valence-corrected chi connectivity index (χ0v) is 15.8. The fourth-order valence-corrected chi connectivity index (χ4v) is 3.48. The highest BCUT2D eigenvalue weighted by molar-refractivity contribution is 7.89. The van der Waals surface area contributed by atoms with Gasteiger partial charge in [0.15, 0.2) is 0 Å². The lowest BCUT2D eigenvalue weighted by Gasteiger charge is -2.27. The summed E-state index contributed by atoms with van der Waals surface area (Å²) in [5.74, 6) is 0.175. The van der Waals surface area contributed by atoms with Gasteiger partial charge in [-0.05, 0) is 18.2 Å². The quantitative estimate of drug-likeness (QED) is 0.730. The fraction of sp³-hybridized carbons (Fsp3) is 0.500. The molecule has 0 spiro atoms. The highest BCUT2D eigenvalue weighted by atomic mass is 35.5. The molecule has 0 amide bonds. The van der Waals surface area contributed by atoms with Crippen molar-refractivity contribution in [1.82, 2.24) is 14.9 Å². The number of nitriles is 1. The molecule has 1 aromatic carbocycles. The van der Waals surface area contributed by atoms with Gasteiger partial charge in [-0.2, -0.15) is 5.26 Å². The Morgan fingerprint density at radius 3 is 2.58 bits per heavy atom. The van der Waals surface area contributed by atoms with Crippen molar-refractivity contribution >= 4 is 34.8 Å². The zero-order chi connectivity index (χ0) is 16.0. The van der Waals surface area contributed by atoms with E-state index in [1.54, 1.807) is 0 Å². The maximum absolute atomic E-state index is 12.3. The number of methoxy groups -OCH3 is 1. The maximum Gasteiger partial charge on any atom is 0.244 e. The van der Waals surface area contributed by atoms with Gasteiger partial charge in [0.05, 0.1) is 18.7 Å². The fourth-order valence-electron chi connectivity index (χ4n) is 2.31. The molecule has 0 aromatic heterocycles. The molecule has 0 bridgehead atoms. The van der Waals surface area contributed by atoms with Gasteiger partial charge in [0, 0.05) is 39.3 Å². The molecular weight excluding hydrogens is 375 g/mol. The summed E-state index contributed by atoms with van der Waals surface area (Å²) in [5.41, 5.74) is 0.358. The van der Waals surface area contributed by atoms with E-state index in [4.69, 9.17) is 10.00 Å². The van der Waals surface area contributed by atoms with Crippen molar-refractivity contribution in [2.75, 3.05) is 46.4 Å². The van der Waals surface area contributed by atoms with Gasteiger partial charge in [-0.3, -0.25) is 4.90 Å². The van der Waals surface area contributed by atoms with Crippen LogP contribution in [-0.2, 0) is 10.0 Å². The predicted octanol–water partition coefficient (Wildman–Crippen LogP) is 0.594. The van der Waals surface area contributed by atoms with Crippen molar-refractivity contribution in [3.63, 3.8) is 0 Å². The van der Waals surface area contributed by atoms with Crippen molar-refractivity contribution < 1.29 is 13.2 Å². The van der Waals surface area contributed by atoms with Crippen LogP contribution >= 0.6 is 24.8 Å². The standard InChI is InChI=1S/C14H20N4O3S.2ClH/c1-21-13-10-12(11-15)2-3-14(13)22(19,20)17-6-9-18-7-4-16-5-8-18;;/h2-3,10,16-17H,4-9H2,1H3;2*1H. The minimum atomic E-state index is -3.66. The Labute approximate surface area is 155 Å². The number of benzene rings is 1. The molecule has 0 aliphatic carbocycles. The van der Waals surface area contributed by atoms with Gasteiger partial charge in [-0.25, -0.2) is 13.1 Å². The first-order valence-electron chi connectivity index (χ1n) is 7.07. The van der Waals surface area contributed by atoms with Crippen LogP contribution < -0.4 is 14.8 Å². The first-order valence-corrected chi connectivity index (χ1v) is 8.56. The topological polar surface area (TPSA) is 94.5 Å². The van der Waals surface area contributed by atoms with E-state index in [-0.39, 0.29) is 35.5 Å². The van der Waals surface area contributed by atoms with Crippen LogP contribution in [0.4, 0.5) is 0 Å². The number of sulfonamides is 1. The summed E-state index contributed by atoms with van der Waals surface area (Å²) in [4.78, 5) is 2.25. The van der Waals surface area contributed by atoms with E-state index in [0.29, 0.717) is 18.7 Å². The Bertz CT molecular complexity index is 658. The maximum atomic E-state index is 12.3. The van der Waals surface area contributed by atoms with E-state index >= 15 is 0 Å². The summed E-state index contributed by atoms with van der Waals surface area (Å²) in [5, 5.41) is 12.1. The lowest BCUT2D eigenvalue weighted by Crippen LogP contribution is -2.46. The number of halogens is 2. The summed E-state index contributed by atoms with van der Waals surface area (Å²) in [6.07, 6.45) is 0. The van der Waals surface area contributed by atoms with Crippen LogP contribution in [0.3, 0.4) is 0 Å².